The minimum Gasteiger partial charge on any atom is -0.775 e. The zero-order valence-electron chi connectivity index (χ0n) is 37.8. The summed E-state index contributed by atoms with van der Waals surface area (Å²) in [6.45, 7) is 36.1. The summed E-state index contributed by atoms with van der Waals surface area (Å²) in [5.74, 6) is 1.89. The predicted molar refractivity (Wildman–Crippen MR) is 269 cm³/mol. The first-order valence-electron chi connectivity index (χ1n) is 21.0. The highest BCUT2D eigenvalue weighted by Gasteiger charge is 2.28. The molecule has 0 saturated carbocycles. The molecule has 0 saturated heterocycles. The van der Waals surface area contributed by atoms with E-state index in [2.05, 4.69) is 63.1 Å². The SMILES string of the molecule is C.CCCCOc1c(C=C2Sc3ccccc3N2C)c(=O)c1=O.CCN(CC)CC.CC[NH+](CC)CC.[C-]#[N+]C(=C=[N-])c1c(C=C2Sc3ccccc3N2C)c(=O)c1=O.[C-]#[N+]CC#N. The monoisotopic (exact) mass is 906 g/mol. The number of fused-ring (bicyclic) bond motifs is 2. The van der Waals surface area contributed by atoms with Crippen LogP contribution in [0.3, 0.4) is 0 Å². The van der Waals surface area contributed by atoms with Crippen LogP contribution in [0.5, 0.6) is 5.75 Å². The van der Waals surface area contributed by atoms with Crippen molar-refractivity contribution >= 4 is 58.6 Å². The van der Waals surface area contributed by atoms with Crippen molar-refractivity contribution in [2.24, 2.45) is 0 Å². The summed E-state index contributed by atoms with van der Waals surface area (Å²) in [5, 5.41) is 18.2. The predicted octanol–water partition coefficient (Wildman–Crippen LogP) is 7.67. The molecule has 0 bridgehead atoms. The lowest BCUT2D eigenvalue weighted by Gasteiger charge is -2.15. The Labute approximate surface area is 387 Å². The minimum atomic E-state index is -0.762. The highest BCUT2D eigenvalue weighted by atomic mass is 32.2. The van der Waals surface area contributed by atoms with Crippen LogP contribution in [0.4, 0.5) is 11.4 Å². The van der Waals surface area contributed by atoms with Gasteiger partial charge in [0.15, 0.2) is 5.75 Å². The average Bonchev–Trinajstić information content (AvgIpc) is 3.81. The molecular weight excluding hydrogens is 845 g/mol. The minimum absolute atomic E-state index is 0. The second-order valence-corrected chi connectivity index (χ2v) is 15.9. The van der Waals surface area contributed by atoms with Crippen LogP contribution in [-0.2, 0) is 0 Å². The van der Waals surface area contributed by atoms with Crippen LogP contribution in [-0.4, -0.2) is 77.3 Å². The fraction of sp³-hybridized carbons (Fsp3) is 0.408. The van der Waals surface area contributed by atoms with Crippen LogP contribution in [0.1, 0.15) is 85.4 Å². The van der Waals surface area contributed by atoms with Gasteiger partial charge in [0.05, 0.1) is 59.8 Å². The first-order chi connectivity index (χ1) is 30.3. The zero-order chi connectivity index (χ0) is 47.1. The van der Waals surface area contributed by atoms with Crippen LogP contribution in [0.2, 0.25) is 0 Å². The number of benzene rings is 2. The third kappa shape index (κ3) is 14.8. The Hall–Kier alpha value is -5.98. The lowest BCUT2D eigenvalue weighted by Crippen LogP contribution is -3.11. The summed E-state index contributed by atoms with van der Waals surface area (Å²) in [7, 11) is 3.81. The maximum Gasteiger partial charge on any atom is 0.298 e. The van der Waals surface area contributed by atoms with E-state index >= 15 is 0 Å². The van der Waals surface area contributed by atoms with Gasteiger partial charge in [0.1, 0.15) is 6.07 Å². The summed E-state index contributed by atoms with van der Waals surface area (Å²) in [6, 6.07) is 17.5. The number of nitrogens with one attached hydrogen (secondary N) is 1. The smallest absolute Gasteiger partial charge is 0.298 e. The lowest BCUT2D eigenvalue weighted by molar-refractivity contribution is -0.894. The number of unbranched alkanes of at least 4 members (excludes halogenated alkanes) is 1. The molecule has 6 rings (SSSR count). The topological polar surface area (TPSA) is 146 Å². The van der Waals surface area contributed by atoms with Gasteiger partial charge in [-0.05, 0) is 83.2 Å². The Balaban J connectivity index is 0.000000455. The molecular formula is C49H62N8O5S2. The van der Waals surface area contributed by atoms with Crippen LogP contribution < -0.4 is 41.2 Å². The lowest BCUT2D eigenvalue weighted by atomic mass is 9.98. The Morgan fingerprint density at radius 2 is 1.25 bits per heavy atom. The van der Waals surface area contributed by atoms with Crippen LogP contribution in [0.15, 0.2) is 87.6 Å². The number of anilines is 2. The van der Waals surface area contributed by atoms with Gasteiger partial charge in [0.25, 0.3) is 12.0 Å². The molecule has 0 unspecified atom stereocenters. The van der Waals surface area contributed by atoms with Gasteiger partial charge in [0, 0.05) is 35.0 Å². The molecule has 13 nitrogen and oxygen atoms in total. The molecule has 0 radical (unpaired) electrons. The summed E-state index contributed by atoms with van der Waals surface area (Å²) < 4.78 is 5.47. The summed E-state index contributed by atoms with van der Waals surface area (Å²) in [6.07, 6.45) is 5.19. The molecule has 2 aliphatic rings. The van der Waals surface area contributed by atoms with Crippen LogP contribution >= 0.6 is 23.5 Å². The summed E-state index contributed by atoms with van der Waals surface area (Å²) >= 11 is 3.06. The number of hydrogen-bond donors (Lipinski definition) is 1. The largest absolute Gasteiger partial charge is 0.775 e. The van der Waals surface area contributed by atoms with Crippen molar-refractivity contribution in [3.8, 4) is 11.8 Å². The molecule has 4 aromatic rings. The molecule has 0 aliphatic carbocycles. The molecule has 1 N–H and O–H groups in total. The van der Waals surface area contributed by atoms with E-state index in [4.69, 9.17) is 28.6 Å². The van der Waals surface area contributed by atoms with Crippen molar-refractivity contribution < 1.29 is 9.64 Å². The number of ether oxygens (including phenoxy) is 1. The van der Waals surface area contributed by atoms with Crippen molar-refractivity contribution in [2.75, 3.05) is 76.3 Å². The van der Waals surface area contributed by atoms with Gasteiger partial charge in [-0.2, -0.15) is 5.26 Å². The normalized spacial score (nSPS) is 13.0. The Morgan fingerprint density at radius 1 is 0.781 bits per heavy atom. The zero-order valence-corrected chi connectivity index (χ0v) is 39.5. The average molecular weight is 907 g/mol. The van der Waals surface area contributed by atoms with Crippen molar-refractivity contribution in [3.05, 3.63) is 144 Å². The third-order valence-corrected chi connectivity index (χ3v) is 12.5. The molecule has 340 valence electrons. The second kappa shape index (κ2) is 29.4. The van der Waals surface area contributed by atoms with E-state index in [0.717, 1.165) is 44.1 Å². The van der Waals surface area contributed by atoms with Crippen molar-refractivity contribution in [3.63, 3.8) is 0 Å². The fourth-order valence-corrected chi connectivity index (χ4v) is 8.28. The molecule has 0 spiro atoms. The molecule has 0 amide bonds. The molecule has 0 aromatic heterocycles. The highest BCUT2D eigenvalue weighted by molar-refractivity contribution is 8.04. The quantitative estimate of drug-likeness (QED) is 0.0464. The van der Waals surface area contributed by atoms with E-state index in [1.165, 1.54) is 51.0 Å². The van der Waals surface area contributed by atoms with Crippen molar-refractivity contribution in [1.29, 1.82) is 5.26 Å². The van der Waals surface area contributed by atoms with Crippen molar-refractivity contribution in [1.82, 2.24) is 4.90 Å². The van der Waals surface area contributed by atoms with E-state index < -0.39 is 21.7 Å². The third-order valence-electron chi connectivity index (χ3n) is 10.1. The molecule has 15 heteroatoms. The number of nitriles is 1. The first-order valence-corrected chi connectivity index (χ1v) is 22.6. The van der Waals surface area contributed by atoms with Gasteiger partial charge in [-0.1, -0.05) is 89.3 Å². The fourth-order valence-electron chi connectivity index (χ4n) is 6.10. The maximum atomic E-state index is 11.8. The molecule has 2 aliphatic heterocycles. The number of rotatable bonds is 13. The number of nitrogens with zero attached hydrogens (tertiary/aromatic N) is 7. The maximum absolute atomic E-state index is 11.8. The van der Waals surface area contributed by atoms with Gasteiger partial charge in [-0.3, -0.25) is 25.0 Å². The van der Waals surface area contributed by atoms with Crippen molar-refractivity contribution in [2.45, 2.75) is 78.5 Å². The summed E-state index contributed by atoms with van der Waals surface area (Å²) in [5.41, 5.74) is -0.136. The number of quaternary nitrogens is 1. The molecule has 4 aromatic carbocycles. The number of thioether (sulfide) groups is 2. The van der Waals surface area contributed by atoms with Crippen LogP contribution in [0.25, 0.3) is 32.9 Å². The Morgan fingerprint density at radius 3 is 1.59 bits per heavy atom. The summed E-state index contributed by atoms with van der Waals surface area (Å²) in [4.78, 5) is 62.8. The van der Waals surface area contributed by atoms with Gasteiger partial charge in [-0.15, -0.1) is 0 Å². The van der Waals surface area contributed by atoms with Gasteiger partial charge >= 0.3 is 0 Å². The van der Waals surface area contributed by atoms with Gasteiger partial charge in [0.2, 0.25) is 22.0 Å². The molecule has 2 heterocycles. The standard InChI is InChI=1S/C17H17NO3S.C16H8N3O2S.2C6H15N.C3H2N2.CH4/c1-3-4-9-21-17-11(15(19)16(17)20)10-14-18(2)12-7-5-6-8-13(12)22-14;1-18-10(8-17)14-9(15(20)16(14)21)7-13-19(2)11-5-3-4-6-12(11)22-13;2*1-4-7(5-2)6-3;1-5-3-2-4;/h5-8,10H,3-4,9H2,1-2H3;3-7H,2H3;2*4-6H2,1-3H3;3H2;1H4/q;-1;;;;/p+1. The Kier molecular flexibility index (Phi) is 25.7. The number of hydrogen-bond acceptors (Lipinski definition) is 11. The van der Waals surface area contributed by atoms with Crippen LogP contribution in [0, 0.1) is 24.5 Å². The first kappa shape index (κ1) is 56.0. The number of para-hydroxylation sites is 2. The molecule has 64 heavy (non-hydrogen) atoms. The van der Waals surface area contributed by atoms with E-state index in [9.17, 15) is 19.2 Å². The van der Waals surface area contributed by atoms with E-state index in [-0.39, 0.29) is 36.5 Å². The Bertz CT molecular complexity index is 2480. The molecule has 0 atom stereocenters. The van der Waals surface area contributed by atoms with E-state index in [1.54, 1.807) is 40.8 Å². The second-order valence-electron chi connectivity index (χ2n) is 13.7. The van der Waals surface area contributed by atoms with Gasteiger partial charge in [-0.25, -0.2) is 11.4 Å². The van der Waals surface area contributed by atoms with Gasteiger partial charge < -0.3 is 34.6 Å². The molecule has 0 fully saturated rings. The van der Waals surface area contributed by atoms with E-state index in [0.29, 0.717) is 12.2 Å². The van der Waals surface area contributed by atoms with E-state index in [1.807, 2.05) is 72.4 Å². The highest BCUT2D eigenvalue weighted by Crippen LogP contribution is 2.46.